The van der Waals surface area contributed by atoms with E-state index in [4.69, 9.17) is 32.7 Å². The molecule has 2 N–H and O–H groups in total. The van der Waals surface area contributed by atoms with E-state index < -0.39 is 5.91 Å². The first-order valence-corrected chi connectivity index (χ1v) is 8.02. The molecule has 0 aliphatic carbocycles. The van der Waals surface area contributed by atoms with E-state index in [1.165, 1.54) is 6.07 Å². The van der Waals surface area contributed by atoms with Gasteiger partial charge in [-0.25, -0.2) is 0 Å². The average Bonchev–Trinajstić information content (AvgIpc) is 2.60. The fourth-order valence-electron chi connectivity index (χ4n) is 1.84. The van der Waals surface area contributed by atoms with Gasteiger partial charge in [-0.05, 0) is 42.5 Å². The first kappa shape index (κ1) is 18.9. The molecule has 0 fully saturated rings. The SMILES string of the molecule is COc1ccc(NC(=O)CNC(=O)COc2ccc(Cl)cc2Cl)cc1. The smallest absolute Gasteiger partial charge is 0.258 e. The molecule has 0 radical (unpaired) electrons. The van der Waals surface area contributed by atoms with E-state index in [0.717, 1.165) is 0 Å². The Bertz CT molecular complexity index is 751. The Morgan fingerprint density at radius 3 is 2.40 bits per heavy atom. The van der Waals surface area contributed by atoms with E-state index in [9.17, 15) is 9.59 Å². The first-order valence-electron chi connectivity index (χ1n) is 7.26. The minimum absolute atomic E-state index is 0.178. The topological polar surface area (TPSA) is 76.7 Å². The van der Waals surface area contributed by atoms with Crippen LogP contribution in [0.3, 0.4) is 0 Å². The molecule has 25 heavy (non-hydrogen) atoms. The van der Waals surface area contributed by atoms with Crippen molar-refractivity contribution in [2.24, 2.45) is 0 Å². The number of anilines is 1. The maximum absolute atomic E-state index is 11.8. The van der Waals surface area contributed by atoms with Crippen LogP contribution in [-0.4, -0.2) is 32.1 Å². The Hall–Kier alpha value is -2.44. The van der Waals surface area contributed by atoms with Gasteiger partial charge in [-0.2, -0.15) is 0 Å². The van der Waals surface area contributed by atoms with Crippen LogP contribution in [0.25, 0.3) is 0 Å². The van der Waals surface area contributed by atoms with Crippen molar-refractivity contribution >= 4 is 40.7 Å². The monoisotopic (exact) mass is 382 g/mol. The number of rotatable bonds is 7. The molecule has 132 valence electrons. The summed E-state index contributed by atoms with van der Waals surface area (Å²) in [5.41, 5.74) is 0.601. The zero-order chi connectivity index (χ0) is 18.2. The highest BCUT2D eigenvalue weighted by Crippen LogP contribution is 2.27. The van der Waals surface area contributed by atoms with Crippen LogP contribution < -0.4 is 20.1 Å². The molecule has 0 saturated carbocycles. The number of hydrogen-bond donors (Lipinski definition) is 2. The van der Waals surface area contributed by atoms with Crippen LogP contribution in [-0.2, 0) is 9.59 Å². The molecule has 2 aromatic rings. The van der Waals surface area contributed by atoms with Gasteiger partial charge in [-0.15, -0.1) is 0 Å². The third-order valence-corrected chi connectivity index (χ3v) is 3.60. The van der Waals surface area contributed by atoms with Crippen molar-refractivity contribution in [1.82, 2.24) is 5.32 Å². The van der Waals surface area contributed by atoms with Crippen LogP contribution >= 0.6 is 23.2 Å². The highest BCUT2D eigenvalue weighted by molar-refractivity contribution is 6.35. The number of ether oxygens (including phenoxy) is 2. The zero-order valence-electron chi connectivity index (χ0n) is 13.3. The third kappa shape index (κ3) is 6.17. The normalized spacial score (nSPS) is 10.0. The summed E-state index contributed by atoms with van der Waals surface area (Å²) in [6, 6.07) is 11.5. The number of amides is 2. The minimum atomic E-state index is -0.448. The summed E-state index contributed by atoms with van der Waals surface area (Å²) in [6.07, 6.45) is 0. The number of hydrogen-bond acceptors (Lipinski definition) is 4. The van der Waals surface area contributed by atoms with Crippen LogP contribution in [0.4, 0.5) is 5.69 Å². The van der Waals surface area contributed by atoms with E-state index in [2.05, 4.69) is 10.6 Å². The van der Waals surface area contributed by atoms with Crippen molar-refractivity contribution in [2.75, 3.05) is 25.6 Å². The molecule has 0 spiro atoms. The van der Waals surface area contributed by atoms with Gasteiger partial charge in [0.25, 0.3) is 5.91 Å². The standard InChI is InChI=1S/C17H16Cl2N2O4/c1-24-13-5-3-12(4-6-13)21-16(22)9-20-17(23)10-25-15-7-2-11(18)8-14(15)19/h2-8H,9-10H2,1H3,(H,20,23)(H,21,22). The first-order chi connectivity index (χ1) is 12.0. The molecule has 2 amide bonds. The van der Waals surface area contributed by atoms with Gasteiger partial charge >= 0.3 is 0 Å². The fraction of sp³-hybridized carbons (Fsp3) is 0.176. The van der Waals surface area contributed by atoms with Crippen LogP contribution in [0.2, 0.25) is 10.0 Å². The summed E-state index contributed by atoms with van der Waals surface area (Å²) >= 11 is 11.7. The molecule has 0 aliphatic heterocycles. The van der Waals surface area contributed by atoms with Crippen molar-refractivity contribution in [2.45, 2.75) is 0 Å². The Kier molecular flexibility index (Phi) is 6.91. The second-order valence-corrected chi connectivity index (χ2v) is 5.76. The van der Waals surface area contributed by atoms with E-state index in [1.807, 2.05) is 0 Å². The van der Waals surface area contributed by atoms with Gasteiger partial charge in [0.2, 0.25) is 5.91 Å². The van der Waals surface area contributed by atoms with E-state index in [-0.39, 0.29) is 19.1 Å². The summed E-state index contributed by atoms with van der Waals surface area (Å²) in [6.45, 7) is -0.445. The second kappa shape index (κ2) is 9.15. The lowest BCUT2D eigenvalue weighted by Gasteiger charge is -2.09. The van der Waals surface area contributed by atoms with Gasteiger partial charge in [-0.3, -0.25) is 9.59 Å². The molecule has 0 unspecified atom stereocenters. The Morgan fingerprint density at radius 2 is 1.76 bits per heavy atom. The van der Waals surface area contributed by atoms with Gasteiger partial charge in [-0.1, -0.05) is 23.2 Å². The quantitative estimate of drug-likeness (QED) is 0.770. The predicted octanol–water partition coefficient (Wildman–Crippen LogP) is 3.14. The molecule has 6 nitrogen and oxygen atoms in total. The molecule has 2 rings (SSSR count). The van der Waals surface area contributed by atoms with Crippen LogP contribution in [0.5, 0.6) is 11.5 Å². The van der Waals surface area contributed by atoms with Gasteiger partial charge in [0, 0.05) is 10.7 Å². The highest BCUT2D eigenvalue weighted by atomic mass is 35.5. The summed E-state index contributed by atoms with van der Waals surface area (Å²) in [7, 11) is 1.56. The van der Waals surface area contributed by atoms with E-state index in [0.29, 0.717) is 27.2 Å². The Balaban J connectivity index is 1.74. The summed E-state index contributed by atoms with van der Waals surface area (Å²) in [5.74, 6) is 0.215. The summed E-state index contributed by atoms with van der Waals surface area (Å²) in [4.78, 5) is 23.5. The van der Waals surface area contributed by atoms with Gasteiger partial charge in [0.05, 0.1) is 18.7 Å². The van der Waals surface area contributed by atoms with Crippen molar-refractivity contribution in [3.63, 3.8) is 0 Å². The second-order valence-electron chi connectivity index (χ2n) is 4.92. The number of carbonyl (C=O) groups excluding carboxylic acids is 2. The third-order valence-electron chi connectivity index (χ3n) is 3.07. The van der Waals surface area contributed by atoms with Crippen molar-refractivity contribution in [3.8, 4) is 11.5 Å². The zero-order valence-corrected chi connectivity index (χ0v) is 14.9. The largest absolute Gasteiger partial charge is 0.497 e. The van der Waals surface area contributed by atoms with E-state index in [1.54, 1.807) is 43.5 Å². The highest BCUT2D eigenvalue weighted by Gasteiger charge is 2.09. The lowest BCUT2D eigenvalue weighted by Crippen LogP contribution is -2.35. The Labute approximate surface area is 155 Å². The van der Waals surface area contributed by atoms with E-state index >= 15 is 0 Å². The molecule has 8 heteroatoms. The minimum Gasteiger partial charge on any atom is -0.497 e. The van der Waals surface area contributed by atoms with Crippen LogP contribution in [0.1, 0.15) is 0 Å². The molecule has 0 saturated heterocycles. The molecular weight excluding hydrogens is 367 g/mol. The molecule has 0 bridgehead atoms. The van der Waals surface area contributed by atoms with Gasteiger partial charge < -0.3 is 20.1 Å². The summed E-state index contributed by atoms with van der Waals surface area (Å²) in [5, 5.41) is 5.88. The van der Waals surface area contributed by atoms with Gasteiger partial charge in [0.15, 0.2) is 6.61 Å². The van der Waals surface area contributed by atoms with Crippen LogP contribution in [0, 0.1) is 0 Å². The van der Waals surface area contributed by atoms with Crippen molar-refractivity contribution in [3.05, 3.63) is 52.5 Å². The van der Waals surface area contributed by atoms with Crippen molar-refractivity contribution in [1.29, 1.82) is 0 Å². The number of nitrogens with one attached hydrogen (secondary N) is 2. The maximum atomic E-state index is 11.8. The Morgan fingerprint density at radius 1 is 1.04 bits per heavy atom. The molecule has 0 aliphatic rings. The number of carbonyl (C=O) groups is 2. The molecule has 2 aromatic carbocycles. The molecular formula is C17H16Cl2N2O4. The lowest BCUT2D eigenvalue weighted by atomic mass is 10.3. The van der Waals surface area contributed by atoms with Crippen LogP contribution in [0.15, 0.2) is 42.5 Å². The molecule has 0 atom stereocenters. The summed E-state index contributed by atoms with van der Waals surface area (Å²) < 4.78 is 10.3. The predicted molar refractivity (Wildman–Crippen MR) is 96.6 cm³/mol. The van der Waals surface area contributed by atoms with Gasteiger partial charge in [0.1, 0.15) is 11.5 Å². The molecule has 0 aromatic heterocycles. The number of halogens is 2. The molecule has 0 heterocycles. The average molecular weight is 383 g/mol. The maximum Gasteiger partial charge on any atom is 0.258 e. The fourth-order valence-corrected chi connectivity index (χ4v) is 2.31. The van der Waals surface area contributed by atoms with Crippen molar-refractivity contribution < 1.29 is 19.1 Å². The number of benzene rings is 2. The number of methoxy groups -OCH3 is 1. The lowest BCUT2D eigenvalue weighted by molar-refractivity contribution is -0.125.